The molecule has 2 bridgehead atoms. The molecule has 2 unspecified atom stereocenters. The number of hydrogen-bond acceptors (Lipinski definition) is 9. The summed E-state index contributed by atoms with van der Waals surface area (Å²) in [6.07, 6.45) is 8.32. The van der Waals surface area contributed by atoms with Crippen molar-refractivity contribution in [2.75, 3.05) is 4.90 Å². The van der Waals surface area contributed by atoms with Crippen molar-refractivity contribution >= 4 is 35.5 Å². The summed E-state index contributed by atoms with van der Waals surface area (Å²) in [6, 6.07) is 9.85. The molecule has 1 aliphatic carbocycles. The number of anilines is 1. The molecular formula is C28H25Cl2N5O4. The molecule has 2 saturated heterocycles. The van der Waals surface area contributed by atoms with Crippen molar-refractivity contribution in [2.45, 2.75) is 69.2 Å². The van der Waals surface area contributed by atoms with Gasteiger partial charge in [0.2, 0.25) is 0 Å². The number of carbonyl (C=O) groups is 1. The van der Waals surface area contributed by atoms with Gasteiger partial charge in [-0.15, -0.1) is 5.10 Å². The fourth-order valence-electron chi connectivity index (χ4n) is 5.86. The molecule has 0 amide bonds. The maximum atomic E-state index is 10.9. The number of hydrogen-bond donors (Lipinski definition) is 0. The number of rotatable bonds is 8. The number of halogens is 2. The average molecular weight is 566 g/mol. The highest BCUT2D eigenvalue weighted by Gasteiger charge is 2.44. The first kappa shape index (κ1) is 24.7. The van der Waals surface area contributed by atoms with Crippen molar-refractivity contribution in [2.24, 2.45) is 0 Å². The minimum absolute atomic E-state index is 0.0812. The number of pyridine rings is 1. The van der Waals surface area contributed by atoms with Gasteiger partial charge in [0.25, 0.3) is 5.89 Å². The van der Waals surface area contributed by atoms with E-state index in [0.717, 1.165) is 49.8 Å². The number of piperidine rings is 1. The summed E-state index contributed by atoms with van der Waals surface area (Å²) in [4.78, 5) is 17.2. The molecule has 4 aromatic rings. The van der Waals surface area contributed by atoms with Crippen LogP contribution in [0, 0.1) is 0 Å². The number of aromatic nitrogens is 4. The zero-order valence-corrected chi connectivity index (χ0v) is 22.4. The van der Waals surface area contributed by atoms with Crippen LogP contribution in [0.1, 0.15) is 66.3 Å². The van der Waals surface area contributed by atoms with E-state index in [1.165, 1.54) is 0 Å². The maximum absolute atomic E-state index is 10.9. The molecule has 2 aliphatic heterocycles. The Morgan fingerprint density at radius 1 is 1.03 bits per heavy atom. The van der Waals surface area contributed by atoms with E-state index in [1.807, 2.05) is 18.2 Å². The van der Waals surface area contributed by atoms with E-state index in [9.17, 15) is 4.79 Å². The first-order chi connectivity index (χ1) is 19.1. The predicted molar refractivity (Wildman–Crippen MR) is 144 cm³/mol. The van der Waals surface area contributed by atoms with E-state index in [-0.39, 0.29) is 18.2 Å². The zero-order chi connectivity index (χ0) is 26.5. The molecule has 0 N–H and O–H groups in total. The van der Waals surface area contributed by atoms with Gasteiger partial charge < -0.3 is 18.6 Å². The van der Waals surface area contributed by atoms with E-state index in [1.54, 1.807) is 18.3 Å². The van der Waals surface area contributed by atoms with Crippen molar-refractivity contribution in [1.29, 1.82) is 0 Å². The second-order valence-corrected chi connectivity index (χ2v) is 11.2. The topological polar surface area (TPSA) is 107 Å². The lowest BCUT2D eigenvalue weighted by molar-refractivity contribution is 0.0139. The standard InChI is InChI=1S/C28H25Cl2N5O4/c29-22-2-1-3-23(30)24(22)25-21(26(39-34-25)15-4-5-15)14-37-20-10-18-8-9-19(11-20)35(18)28-33-32-27(38-28)16-6-7-17(13-36)31-12-16/h1-3,6-7,12-13,15,18-20H,4-5,8-11,14H2. The molecule has 0 radical (unpaired) electrons. The van der Waals surface area contributed by atoms with Crippen LogP contribution in [-0.4, -0.2) is 44.8 Å². The lowest BCUT2D eigenvalue weighted by Gasteiger charge is -2.37. The number of nitrogens with zero attached hydrogens (tertiary/aromatic N) is 5. The summed E-state index contributed by atoms with van der Waals surface area (Å²) in [5, 5.41) is 14.0. The van der Waals surface area contributed by atoms with E-state index in [2.05, 4.69) is 25.2 Å². The smallest absolute Gasteiger partial charge is 0.318 e. The Labute approximate surface area is 234 Å². The number of aldehydes is 1. The van der Waals surface area contributed by atoms with Gasteiger partial charge in [-0.1, -0.05) is 39.5 Å². The quantitative estimate of drug-likeness (QED) is 0.221. The van der Waals surface area contributed by atoms with Gasteiger partial charge in [0.05, 0.1) is 28.3 Å². The van der Waals surface area contributed by atoms with Crippen LogP contribution in [0.3, 0.4) is 0 Å². The van der Waals surface area contributed by atoms with Gasteiger partial charge in [-0.05, 0) is 62.8 Å². The molecule has 7 rings (SSSR count). The van der Waals surface area contributed by atoms with Crippen LogP contribution in [0.15, 0.2) is 45.5 Å². The zero-order valence-electron chi connectivity index (χ0n) is 20.9. The molecule has 39 heavy (non-hydrogen) atoms. The van der Waals surface area contributed by atoms with Gasteiger partial charge in [-0.25, -0.2) is 0 Å². The number of ether oxygens (including phenoxy) is 1. The third kappa shape index (κ3) is 4.62. The minimum atomic E-state index is 0.0812. The van der Waals surface area contributed by atoms with Crippen LogP contribution in [-0.2, 0) is 11.3 Å². The molecule has 3 aliphatic rings. The molecule has 11 heteroatoms. The van der Waals surface area contributed by atoms with Gasteiger partial charge in [0, 0.05) is 35.3 Å². The van der Waals surface area contributed by atoms with Crippen LogP contribution in [0.2, 0.25) is 10.0 Å². The number of fused-ring (bicyclic) bond motifs is 2. The third-order valence-electron chi connectivity index (χ3n) is 7.91. The molecule has 200 valence electrons. The molecule has 1 saturated carbocycles. The van der Waals surface area contributed by atoms with Crippen molar-refractivity contribution < 1.29 is 18.5 Å². The number of benzene rings is 1. The van der Waals surface area contributed by atoms with Crippen molar-refractivity contribution in [3.8, 4) is 22.7 Å². The SMILES string of the molecule is O=Cc1ccc(-c2nnc(N3C4CCC3CC(OCc3c(-c5c(Cl)cccc5Cl)noc3C3CC3)C4)o2)cn1. The van der Waals surface area contributed by atoms with Crippen molar-refractivity contribution in [3.05, 3.63) is 63.6 Å². The van der Waals surface area contributed by atoms with Crippen LogP contribution < -0.4 is 4.90 Å². The lowest BCUT2D eigenvalue weighted by Crippen LogP contribution is -2.45. The molecule has 1 aromatic carbocycles. The Kier molecular flexibility index (Phi) is 6.37. The van der Waals surface area contributed by atoms with Gasteiger partial charge in [-0.2, -0.15) is 0 Å². The highest BCUT2D eigenvalue weighted by molar-refractivity contribution is 6.39. The Morgan fingerprint density at radius 3 is 2.46 bits per heavy atom. The van der Waals surface area contributed by atoms with Crippen LogP contribution >= 0.6 is 23.2 Å². The largest absolute Gasteiger partial charge is 0.403 e. The second-order valence-electron chi connectivity index (χ2n) is 10.4. The molecule has 5 heterocycles. The van der Waals surface area contributed by atoms with Crippen molar-refractivity contribution in [1.82, 2.24) is 20.3 Å². The predicted octanol–water partition coefficient (Wildman–Crippen LogP) is 6.50. The fourth-order valence-corrected chi connectivity index (χ4v) is 6.44. The van der Waals surface area contributed by atoms with Gasteiger partial charge in [-0.3, -0.25) is 9.78 Å². The van der Waals surface area contributed by atoms with Crippen LogP contribution in [0.5, 0.6) is 0 Å². The summed E-state index contributed by atoms with van der Waals surface area (Å²) in [7, 11) is 0. The van der Waals surface area contributed by atoms with Crippen molar-refractivity contribution in [3.63, 3.8) is 0 Å². The maximum Gasteiger partial charge on any atom is 0.318 e. The van der Waals surface area contributed by atoms with Crippen LogP contribution in [0.25, 0.3) is 22.7 Å². The van der Waals surface area contributed by atoms with Crippen LogP contribution in [0.4, 0.5) is 6.01 Å². The second kappa shape index (κ2) is 10.0. The molecular weight excluding hydrogens is 541 g/mol. The summed E-state index contributed by atoms with van der Waals surface area (Å²) >= 11 is 13.0. The average Bonchev–Trinajstić information content (AvgIpc) is 3.42. The summed E-state index contributed by atoms with van der Waals surface area (Å²) in [5.74, 6) is 1.65. The lowest BCUT2D eigenvalue weighted by atomic mass is 10.00. The summed E-state index contributed by atoms with van der Waals surface area (Å²) in [5.41, 5.74) is 3.34. The Bertz CT molecular complexity index is 1480. The summed E-state index contributed by atoms with van der Waals surface area (Å²) < 4.78 is 18.4. The highest BCUT2D eigenvalue weighted by atomic mass is 35.5. The van der Waals surface area contributed by atoms with E-state index in [0.29, 0.717) is 63.3 Å². The first-order valence-corrected chi connectivity index (χ1v) is 13.9. The Balaban J connectivity index is 1.07. The molecule has 0 spiro atoms. The van der Waals surface area contributed by atoms with E-state index in [4.69, 9.17) is 36.9 Å². The Morgan fingerprint density at radius 2 is 1.79 bits per heavy atom. The third-order valence-corrected chi connectivity index (χ3v) is 8.54. The van der Waals surface area contributed by atoms with Gasteiger partial charge in [0.1, 0.15) is 17.1 Å². The molecule has 9 nitrogen and oxygen atoms in total. The van der Waals surface area contributed by atoms with E-state index >= 15 is 0 Å². The van der Waals surface area contributed by atoms with Gasteiger partial charge >= 0.3 is 6.01 Å². The number of carbonyl (C=O) groups excluding carboxylic acids is 1. The fraction of sp³-hybridized carbons (Fsp3) is 0.393. The monoisotopic (exact) mass is 565 g/mol. The first-order valence-electron chi connectivity index (χ1n) is 13.2. The minimum Gasteiger partial charge on any atom is -0.403 e. The highest BCUT2D eigenvalue weighted by Crippen LogP contribution is 2.47. The van der Waals surface area contributed by atoms with Gasteiger partial charge in [0.15, 0.2) is 6.29 Å². The molecule has 3 aromatic heterocycles. The molecule has 3 fully saturated rings. The molecule has 2 atom stereocenters. The van der Waals surface area contributed by atoms with E-state index < -0.39 is 0 Å². The summed E-state index contributed by atoms with van der Waals surface area (Å²) in [6.45, 7) is 0.394. The normalized spacial score (nSPS) is 22.4. The Hall–Kier alpha value is -3.27.